The summed E-state index contributed by atoms with van der Waals surface area (Å²) in [5, 5.41) is 15.0. The highest BCUT2D eigenvalue weighted by Crippen LogP contribution is 2.39. The Kier molecular flexibility index (Phi) is 2.88. The van der Waals surface area contributed by atoms with Crippen molar-refractivity contribution in [2.24, 2.45) is 0 Å². The zero-order valence-electron chi connectivity index (χ0n) is 11.1. The number of benzene rings is 1. The fraction of sp³-hybridized carbons (Fsp3) is 0.286. The standard InChI is InChI=1S/C14H12BrN5O/c15-9-6-4-8(5-7-9)13-12-10(2-1-3-11(12)21)16-14-17-18-19-20(13)14/h4-7,13H,1-3H2,(H,16,17,19)/t13-/m0/s1. The van der Waals surface area contributed by atoms with Crippen molar-refractivity contribution in [2.45, 2.75) is 25.3 Å². The number of nitrogens with one attached hydrogen (secondary N) is 1. The van der Waals surface area contributed by atoms with Crippen LogP contribution in [0.4, 0.5) is 5.95 Å². The Morgan fingerprint density at radius 1 is 1.24 bits per heavy atom. The molecule has 1 atom stereocenters. The summed E-state index contributed by atoms with van der Waals surface area (Å²) in [4.78, 5) is 12.4. The lowest BCUT2D eigenvalue weighted by Gasteiger charge is -2.31. The van der Waals surface area contributed by atoms with E-state index in [1.54, 1.807) is 4.68 Å². The molecule has 1 aliphatic heterocycles. The van der Waals surface area contributed by atoms with Crippen LogP contribution in [0.5, 0.6) is 0 Å². The Bertz CT molecular complexity index is 749. The number of hydrogen-bond donors (Lipinski definition) is 1. The molecule has 0 unspecified atom stereocenters. The van der Waals surface area contributed by atoms with Crippen molar-refractivity contribution in [3.63, 3.8) is 0 Å². The van der Waals surface area contributed by atoms with Gasteiger partial charge in [-0.2, -0.15) is 4.68 Å². The lowest BCUT2D eigenvalue weighted by atomic mass is 9.85. The van der Waals surface area contributed by atoms with Gasteiger partial charge in [0.15, 0.2) is 5.78 Å². The van der Waals surface area contributed by atoms with Gasteiger partial charge < -0.3 is 5.32 Å². The van der Waals surface area contributed by atoms with Crippen molar-refractivity contribution in [1.82, 2.24) is 20.2 Å². The van der Waals surface area contributed by atoms with Crippen molar-refractivity contribution >= 4 is 27.7 Å². The summed E-state index contributed by atoms with van der Waals surface area (Å²) >= 11 is 3.44. The summed E-state index contributed by atoms with van der Waals surface area (Å²) < 4.78 is 2.69. The summed E-state index contributed by atoms with van der Waals surface area (Å²) in [6.45, 7) is 0. The zero-order valence-corrected chi connectivity index (χ0v) is 12.7. The van der Waals surface area contributed by atoms with E-state index < -0.39 is 0 Å². The molecule has 4 rings (SSSR count). The summed E-state index contributed by atoms with van der Waals surface area (Å²) in [6.07, 6.45) is 2.32. The van der Waals surface area contributed by atoms with E-state index >= 15 is 0 Å². The lowest BCUT2D eigenvalue weighted by molar-refractivity contribution is -0.116. The summed E-state index contributed by atoms with van der Waals surface area (Å²) in [6, 6.07) is 7.69. The second kappa shape index (κ2) is 4.77. The maximum Gasteiger partial charge on any atom is 0.248 e. The predicted octanol–water partition coefficient (Wildman–Crippen LogP) is 2.46. The van der Waals surface area contributed by atoms with E-state index in [-0.39, 0.29) is 11.8 Å². The van der Waals surface area contributed by atoms with Gasteiger partial charge in [-0.05, 0) is 41.0 Å². The Morgan fingerprint density at radius 3 is 2.86 bits per heavy atom. The van der Waals surface area contributed by atoms with Crippen molar-refractivity contribution in [3.05, 3.63) is 45.6 Å². The first-order valence-corrected chi connectivity index (χ1v) is 7.60. The highest BCUT2D eigenvalue weighted by Gasteiger charge is 2.36. The first-order chi connectivity index (χ1) is 10.2. The predicted molar refractivity (Wildman–Crippen MR) is 79.6 cm³/mol. The smallest absolute Gasteiger partial charge is 0.248 e. The normalized spacial score (nSPS) is 20.8. The van der Waals surface area contributed by atoms with Crippen LogP contribution in [0.25, 0.3) is 0 Å². The molecule has 1 aliphatic carbocycles. The molecule has 2 aromatic rings. The van der Waals surface area contributed by atoms with Gasteiger partial charge in [-0.1, -0.05) is 33.2 Å². The Labute approximate surface area is 129 Å². The monoisotopic (exact) mass is 345 g/mol. The number of rotatable bonds is 1. The number of hydrogen-bond acceptors (Lipinski definition) is 5. The van der Waals surface area contributed by atoms with Crippen LogP contribution < -0.4 is 5.32 Å². The van der Waals surface area contributed by atoms with E-state index in [2.05, 4.69) is 36.8 Å². The highest BCUT2D eigenvalue weighted by atomic mass is 79.9. The van der Waals surface area contributed by atoms with Gasteiger partial charge in [0.1, 0.15) is 6.04 Å². The van der Waals surface area contributed by atoms with Crippen molar-refractivity contribution in [2.75, 3.05) is 5.32 Å². The molecular weight excluding hydrogens is 334 g/mol. The number of halogens is 1. The minimum atomic E-state index is -0.243. The van der Waals surface area contributed by atoms with Gasteiger partial charge >= 0.3 is 0 Å². The average molecular weight is 346 g/mol. The number of tetrazole rings is 1. The van der Waals surface area contributed by atoms with E-state index in [1.165, 1.54) is 0 Å². The Hall–Kier alpha value is -2.02. The SMILES string of the molecule is O=C1CCCC2=C1[C@H](c1ccc(Br)cc1)n1nnnc1N2. The third kappa shape index (κ3) is 1.99. The molecule has 0 saturated heterocycles. The minimum Gasteiger partial charge on any atom is -0.326 e. The molecule has 0 fully saturated rings. The number of aromatic nitrogens is 4. The van der Waals surface area contributed by atoms with E-state index in [0.29, 0.717) is 12.4 Å². The van der Waals surface area contributed by atoms with Crippen LogP contribution >= 0.6 is 15.9 Å². The number of allylic oxidation sites excluding steroid dienone is 2. The molecule has 2 aliphatic rings. The number of carbonyl (C=O) groups excluding carboxylic acids is 1. The van der Waals surface area contributed by atoms with Gasteiger partial charge in [-0.3, -0.25) is 4.79 Å². The average Bonchev–Trinajstić information content (AvgIpc) is 2.94. The molecular formula is C14H12BrN5O. The van der Waals surface area contributed by atoms with Gasteiger partial charge in [0.05, 0.1) is 0 Å². The maximum atomic E-state index is 12.4. The van der Waals surface area contributed by atoms with Crippen LogP contribution in [0.3, 0.4) is 0 Å². The third-order valence-electron chi connectivity index (χ3n) is 3.92. The maximum absolute atomic E-state index is 12.4. The Morgan fingerprint density at radius 2 is 2.05 bits per heavy atom. The van der Waals surface area contributed by atoms with E-state index in [9.17, 15) is 4.79 Å². The molecule has 7 heteroatoms. The van der Waals surface area contributed by atoms with Gasteiger partial charge in [-0.15, -0.1) is 0 Å². The minimum absolute atomic E-state index is 0.179. The van der Waals surface area contributed by atoms with Crippen LogP contribution in [0, 0.1) is 0 Å². The van der Waals surface area contributed by atoms with Crippen molar-refractivity contribution in [1.29, 1.82) is 0 Å². The molecule has 1 aromatic carbocycles. The quantitative estimate of drug-likeness (QED) is 0.859. The molecule has 0 spiro atoms. The molecule has 1 N–H and O–H groups in total. The molecule has 21 heavy (non-hydrogen) atoms. The first kappa shape index (κ1) is 12.7. The van der Waals surface area contributed by atoms with Crippen LogP contribution in [-0.4, -0.2) is 26.0 Å². The Balaban J connectivity index is 1.91. The van der Waals surface area contributed by atoms with Gasteiger partial charge in [0.2, 0.25) is 5.95 Å². The number of fused-ring (bicyclic) bond motifs is 1. The molecule has 1 aromatic heterocycles. The second-order valence-corrected chi connectivity index (χ2v) is 6.11. The molecule has 0 amide bonds. The topological polar surface area (TPSA) is 72.7 Å². The number of ketones is 1. The van der Waals surface area contributed by atoms with Crippen LogP contribution in [0.2, 0.25) is 0 Å². The zero-order chi connectivity index (χ0) is 14.4. The summed E-state index contributed by atoms with van der Waals surface area (Å²) in [7, 11) is 0. The summed E-state index contributed by atoms with van der Waals surface area (Å²) in [5.74, 6) is 0.772. The number of carbonyl (C=O) groups is 1. The first-order valence-electron chi connectivity index (χ1n) is 6.80. The van der Waals surface area contributed by atoms with Crippen molar-refractivity contribution < 1.29 is 4.79 Å². The molecule has 6 nitrogen and oxygen atoms in total. The van der Waals surface area contributed by atoms with E-state index in [0.717, 1.165) is 34.1 Å². The molecule has 0 bridgehead atoms. The lowest BCUT2D eigenvalue weighted by Crippen LogP contribution is -2.31. The van der Waals surface area contributed by atoms with E-state index in [4.69, 9.17) is 0 Å². The third-order valence-corrected chi connectivity index (χ3v) is 4.44. The largest absolute Gasteiger partial charge is 0.326 e. The molecule has 0 radical (unpaired) electrons. The van der Waals surface area contributed by atoms with Crippen LogP contribution in [-0.2, 0) is 4.79 Å². The molecule has 0 saturated carbocycles. The summed E-state index contributed by atoms with van der Waals surface area (Å²) in [5.41, 5.74) is 2.76. The fourth-order valence-electron chi connectivity index (χ4n) is 2.97. The van der Waals surface area contributed by atoms with E-state index in [1.807, 2.05) is 24.3 Å². The number of Topliss-reactive ketones (excluding diaryl/α,β-unsaturated/α-hetero) is 1. The van der Waals surface area contributed by atoms with Crippen LogP contribution in [0.15, 0.2) is 40.0 Å². The van der Waals surface area contributed by atoms with Gasteiger partial charge in [-0.25, -0.2) is 0 Å². The van der Waals surface area contributed by atoms with Gasteiger partial charge in [0.25, 0.3) is 0 Å². The van der Waals surface area contributed by atoms with Crippen LogP contribution in [0.1, 0.15) is 30.9 Å². The highest BCUT2D eigenvalue weighted by molar-refractivity contribution is 9.10. The van der Waals surface area contributed by atoms with Crippen molar-refractivity contribution in [3.8, 4) is 0 Å². The fourth-order valence-corrected chi connectivity index (χ4v) is 3.24. The number of nitrogens with zero attached hydrogens (tertiary/aromatic N) is 4. The number of anilines is 1. The molecule has 2 heterocycles. The molecule has 106 valence electrons. The van der Waals surface area contributed by atoms with Gasteiger partial charge in [0, 0.05) is 22.2 Å². The second-order valence-electron chi connectivity index (χ2n) is 5.20.